The van der Waals surface area contributed by atoms with Crippen LogP contribution < -0.4 is 5.32 Å². The Morgan fingerprint density at radius 3 is 2.67 bits per heavy atom. The Morgan fingerprint density at radius 1 is 1.17 bits per heavy atom. The van der Waals surface area contributed by atoms with E-state index in [1.54, 1.807) is 0 Å². The Kier molecular flexibility index (Phi) is 5.93. The van der Waals surface area contributed by atoms with E-state index in [-0.39, 0.29) is 0 Å². The average Bonchev–Trinajstić information content (AvgIpc) is 2.40. The summed E-state index contributed by atoms with van der Waals surface area (Å²) in [7, 11) is 0. The van der Waals surface area contributed by atoms with E-state index in [0.29, 0.717) is 12.1 Å². The van der Waals surface area contributed by atoms with Crippen molar-refractivity contribution in [3.8, 4) is 0 Å². The van der Waals surface area contributed by atoms with E-state index >= 15 is 0 Å². The first-order valence-electron chi connectivity index (χ1n) is 7.72. The Balaban J connectivity index is 1.76. The molecule has 2 aliphatic rings. The van der Waals surface area contributed by atoms with Crippen molar-refractivity contribution >= 4 is 0 Å². The number of rotatable bonds is 5. The lowest BCUT2D eigenvalue weighted by Gasteiger charge is -2.36. The molecule has 18 heavy (non-hydrogen) atoms. The van der Waals surface area contributed by atoms with Crippen LogP contribution in [-0.4, -0.2) is 38.5 Å². The topological polar surface area (TPSA) is 30.5 Å². The predicted octanol–water partition coefficient (Wildman–Crippen LogP) is 2.60. The summed E-state index contributed by atoms with van der Waals surface area (Å²) in [5.74, 6) is 1.54. The van der Waals surface area contributed by atoms with Crippen LogP contribution in [0.4, 0.5) is 0 Å². The second kappa shape index (κ2) is 7.46. The first-order valence-corrected chi connectivity index (χ1v) is 7.72. The van der Waals surface area contributed by atoms with Crippen molar-refractivity contribution in [2.75, 3.05) is 26.4 Å². The summed E-state index contributed by atoms with van der Waals surface area (Å²) in [5.41, 5.74) is 0. The Hall–Kier alpha value is -0.120. The minimum atomic E-state index is 0.427. The highest BCUT2D eigenvalue weighted by atomic mass is 16.5. The Labute approximate surface area is 112 Å². The van der Waals surface area contributed by atoms with E-state index in [9.17, 15) is 0 Å². The van der Waals surface area contributed by atoms with Crippen molar-refractivity contribution in [3.63, 3.8) is 0 Å². The third-order valence-corrected chi connectivity index (χ3v) is 4.41. The van der Waals surface area contributed by atoms with E-state index in [4.69, 9.17) is 9.47 Å². The van der Waals surface area contributed by atoms with Gasteiger partial charge in [-0.2, -0.15) is 0 Å². The molecule has 0 spiro atoms. The van der Waals surface area contributed by atoms with Crippen LogP contribution in [0.3, 0.4) is 0 Å². The molecule has 2 rings (SSSR count). The van der Waals surface area contributed by atoms with Gasteiger partial charge in [0.15, 0.2) is 0 Å². The zero-order valence-corrected chi connectivity index (χ0v) is 12.0. The monoisotopic (exact) mass is 255 g/mol. The molecule has 0 amide bonds. The van der Waals surface area contributed by atoms with E-state index in [0.717, 1.165) is 38.2 Å². The lowest BCUT2D eigenvalue weighted by Crippen LogP contribution is -2.45. The largest absolute Gasteiger partial charge is 0.381 e. The van der Waals surface area contributed by atoms with Crippen LogP contribution in [0.5, 0.6) is 0 Å². The standard InChI is InChI=1S/C15H29NO2/c1-3-16-14-5-4-12(2)10-15(14)18-11-13-6-8-17-9-7-13/h12-16H,3-11H2,1-2H3. The van der Waals surface area contributed by atoms with Crippen LogP contribution in [0.2, 0.25) is 0 Å². The second-order valence-electron chi connectivity index (χ2n) is 6.01. The summed E-state index contributed by atoms with van der Waals surface area (Å²) in [6, 6.07) is 0.575. The van der Waals surface area contributed by atoms with Gasteiger partial charge in [0.2, 0.25) is 0 Å². The van der Waals surface area contributed by atoms with Gasteiger partial charge in [0.1, 0.15) is 0 Å². The van der Waals surface area contributed by atoms with Crippen LogP contribution in [-0.2, 0) is 9.47 Å². The molecule has 1 saturated heterocycles. The van der Waals surface area contributed by atoms with Crippen LogP contribution >= 0.6 is 0 Å². The quantitative estimate of drug-likeness (QED) is 0.819. The van der Waals surface area contributed by atoms with Gasteiger partial charge in [-0.3, -0.25) is 0 Å². The van der Waals surface area contributed by atoms with Gasteiger partial charge < -0.3 is 14.8 Å². The average molecular weight is 255 g/mol. The van der Waals surface area contributed by atoms with Gasteiger partial charge in [-0.05, 0) is 50.5 Å². The first-order chi connectivity index (χ1) is 8.79. The SMILES string of the molecule is CCNC1CCC(C)CC1OCC1CCOCC1. The molecule has 1 N–H and O–H groups in total. The van der Waals surface area contributed by atoms with Crippen LogP contribution in [0.1, 0.15) is 46.0 Å². The first kappa shape index (κ1) is 14.3. The molecule has 0 bridgehead atoms. The highest BCUT2D eigenvalue weighted by Gasteiger charge is 2.29. The molecule has 3 heteroatoms. The molecule has 0 aromatic carbocycles. The van der Waals surface area contributed by atoms with Gasteiger partial charge >= 0.3 is 0 Å². The molecule has 1 heterocycles. The highest BCUT2D eigenvalue weighted by Crippen LogP contribution is 2.27. The van der Waals surface area contributed by atoms with Crippen molar-refractivity contribution in [1.82, 2.24) is 5.32 Å². The highest BCUT2D eigenvalue weighted by molar-refractivity contribution is 4.84. The van der Waals surface area contributed by atoms with Crippen molar-refractivity contribution in [2.45, 2.75) is 58.1 Å². The maximum Gasteiger partial charge on any atom is 0.0730 e. The zero-order chi connectivity index (χ0) is 12.8. The summed E-state index contributed by atoms with van der Waals surface area (Å²) in [4.78, 5) is 0. The fourth-order valence-corrected chi connectivity index (χ4v) is 3.18. The summed E-state index contributed by atoms with van der Waals surface area (Å²) in [6.45, 7) is 8.37. The number of nitrogens with one attached hydrogen (secondary N) is 1. The summed E-state index contributed by atoms with van der Waals surface area (Å²) in [6.07, 6.45) is 6.61. The van der Waals surface area contributed by atoms with Gasteiger partial charge in [0.25, 0.3) is 0 Å². The smallest absolute Gasteiger partial charge is 0.0730 e. The zero-order valence-electron chi connectivity index (χ0n) is 12.0. The maximum atomic E-state index is 6.24. The lowest BCUT2D eigenvalue weighted by molar-refractivity contribution is -0.0433. The molecule has 1 saturated carbocycles. The summed E-state index contributed by atoms with van der Waals surface area (Å²) >= 11 is 0. The molecule has 0 aromatic heterocycles. The molecular formula is C15H29NO2. The molecule has 0 radical (unpaired) electrons. The number of likely N-dealkylation sites (N-methyl/N-ethyl adjacent to an activating group) is 1. The number of ether oxygens (including phenoxy) is 2. The fourth-order valence-electron chi connectivity index (χ4n) is 3.18. The Bertz CT molecular complexity index is 229. The molecule has 1 aliphatic carbocycles. The predicted molar refractivity (Wildman–Crippen MR) is 73.8 cm³/mol. The van der Waals surface area contributed by atoms with Crippen LogP contribution in [0.15, 0.2) is 0 Å². The van der Waals surface area contributed by atoms with Crippen LogP contribution in [0.25, 0.3) is 0 Å². The van der Waals surface area contributed by atoms with E-state index < -0.39 is 0 Å². The molecular weight excluding hydrogens is 226 g/mol. The van der Waals surface area contributed by atoms with Gasteiger partial charge in [-0.1, -0.05) is 13.8 Å². The fraction of sp³-hybridized carbons (Fsp3) is 1.00. The minimum Gasteiger partial charge on any atom is -0.381 e. The Morgan fingerprint density at radius 2 is 1.94 bits per heavy atom. The third-order valence-electron chi connectivity index (χ3n) is 4.41. The van der Waals surface area contributed by atoms with Crippen molar-refractivity contribution in [3.05, 3.63) is 0 Å². The molecule has 3 nitrogen and oxygen atoms in total. The van der Waals surface area contributed by atoms with E-state index in [2.05, 4.69) is 19.2 Å². The van der Waals surface area contributed by atoms with Crippen LogP contribution in [0, 0.1) is 11.8 Å². The van der Waals surface area contributed by atoms with Crippen molar-refractivity contribution < 1.29 is 9.47 Å². The molecule has 106 valence electrons. The molecule has 0 aromatic rings. The van der Waals surface area contributed by atoms with E-state index in [1.807, 2.05) is 0 Å². The number of hydrogen-bond donors (Lipinski definition) is 1. The third kappa shape index (κ3) is 4.22. The van der Waals surface area contributed by atoms with Gasteiger partial charge in [-0.15, -0.1) is 0 Å². The normalized spacial score (nSPS) is 34.7. The molecule has 3 unspecified atom stereocenters. The maximum absolute atomic E-state index is 6.24. The van der Waals surface area contributed by atoms with Crippen molar-refractivity contribution in [1.29, 1.82) is 0 Å². The number of hydrogen-bond acceptors (Lipinski definition) is 3. The molecule has 1 aliphatic heterocycles. The van der Waals surface area contributed by atoms with E-state index in [1.165, 1.54) is 32.1 Å². The summed E-state index contributed by atoms with van der Waals surface area (Å²) < 4.78 is 11.6. The molecule has 2 fully saturated rings. The summed E-state index contributed by atoms with van der Waals surface area (Å²) in [5, 5.41) is 3.59. The minimum absolute atomic E-state index is 0.427. The lowest BCUT2D eigenvalue weighted by atomic mass is 9.85. The van der Waals surface area contributed by atoms with Gasteiger partial charge in [0, 0.05) is 19.3 Å². The molecule has 3 atom stereocenters. The second-order valence-corrected chi connectivity index (χ2v) is 6.01. The van der Waals surface area contributed by atoms with Gasteiger partial charge in [0.05, 0.1) is 12.7 Å². The van der Waals surface area contributed by atoms with Gasteiger partial charge in [-0.25, -0.2) is 0 Å². The van der Waals surface area contributed by atoms with Crippen molar-refractivity contribution in [2.24, 2.45) is 11.8 Å².